The quantitative estimate of drug-likeness (QED) is 0.786. The molecule has 21 heavy (non-hydrogen) atoms. The molecule has 0 aliphatic rings. The summed E-state index contributed by atoms with van der Waals surface area (Å²) >= 11 is 0. The van der Waals surface area contributed by atoms with Crippen molar-refractivity contribution in [1.82, 2.24) is 10.9 Å². The highest BCUT2D eigenvalue weighted by molar-refractivity contribution is 5.95. The number of hydrazine groups is 1. The maximum atomic E-state index is 11.8. The van der Waals surface area contributed by atoms with Crippen LogP contribution in [0.25, 0.3) is 0 Å². The van der Waals surface area contributed by atoms with E-state index in [1.807, 2.05) is 0 Å². The Hall–Kier alpha value is -2.24. The number of hydrogen-bond acceptors (Lipinski definition) is 4. The molecule has 1 rings (SSSR count). The van der Waals surface area contributed by atoms with Gasteiger partial charge in [0.05, 0.1) is 13.7 Å². The fourth-order valence-corrected chi connectivity index (χ4v) is 1.55. The Balaban J connectivity index is 2.73. The van der Waals surface area contributed by atoms with Crippen molar-refractivity contribution in [3.05, 3.63) is 23.8 Å². The smallest absolute Gasteiger partial charge is 0.269 e. The average molecular weight is 294 g/mol. The van der Waals surface area contributed by atoms with Crippen molar-refractivity contribution in [2.45, 2.75) is 27.2 Å². The van der Waals surface area contributed by atoms with E-state index in [0.29, 0.717) is 29.6 Å². The zero-order chi connectivity index (χ0) is 15.8. The van der Waals surface area contributed by atoms with E-state index in [4.69, 9.17) is 9.47 Å². The van der Waals surface area contributed by atoms with Crippen LogP contribution in [0.15, 0.2) is 18.2 Å². The molecule has 2 amide bonds. The second-order valence-electron chi connectivity index (χ2n) is 5.03. The van der Waals surface area contributed by atoms with Gasteiger partial charge in [-0.1, -0.05) is 13.8 Å². The normalized spacial score (nSPS) is 10.1. The fraction of sp³-hybridized carbons (Fsp3) is 0.467. The third-order valence-electron chi connectivity index (χ3n) is 2.73. The van der Waals surface area contributed by atoms with Gasteiger partial charge in [0.1, 0.15) is 0 Å². The number of amides is 2. The van der Waals surface area contributed by atoms with Crippen molar-refractivity contribution in [1.29, 1.82) is 0 Å². The minimum atomic E-state index is -0.419. The highest BCUT2D eigenvalue weighted by atomic mass is 16.5. The molecule has 0 spiro atoms. The van der Waals surface area contributed by atoms with Crippen molar-refractivity contribution in [2.24, 2.45) is 5.92 Å². The summed E-state index contributed by atoms with van der Waals surface area (Å²) in [6, 6.07) is 4.87. The first kappa shape index (κ1) is 16.8. The average Bonchev–Trinajstić information content (AvgIpc) is 2.44. The van der Waals surface area contributed by atoms with E-state index in [1.54, 1.807) is 18.2 Å². The Kier molecular flexibility index (Phi) is 6.52. The SMILES string of the molecule is COc1cc(C(=O)NNC(C)=O)ccc1OCCC(C)C. The maximum absolute atomic E-state index is 11.8. The summed E-state index contributed by atoms with van der Waals surface area (Å²) < 4.78 is 10.9. The van der Waals surface area contributed by atoms with Crippen LogP contribution in [0, 0.1) is 5.92 Å². The molecule has 0 aliphatic heterocycles. The van der Waals surface area contributed by atoms with Gasteiger partial charge in [-0.15, -0.1) is 0 Å². The van der Waals surface area contributed by atoms with Gasteiger partial charge in [0.25, 0.3) is 5.91 Å². The lowest BCUT2D eigenvalue weighted by atomic mass is 10.1. The molecular weight excluding hydrogens is 272 g/mol. The molecule has 0 aromatic heterocycles. The molecule has 0 saturated heterocycles. The second-order valence-corrected chi connectivity index (χ2v) is 5.03. The van der Waals surface area contributed by atoms with E-state index < -0.39 is 5.91 Å². The number of methoxy groups -OCH3 is 1. The number of carbonyl (C=O) groups is 2. The minimum absolute atomic E-state index is 0.344. The van der Waals surface area contributed by atoms with Crippen molar-refractivity contribution in [2.75, 3.05) is 13.7 Å². The number of carbonyl (C=O) groups excluding carboxylic acids is 2. The van der Waals surface area contributed by atoms with Crippen LogP contribution in [0.2, 0.25) is 0 Å². The van der Waals surface area contributed by atoms with E-state index in [1.165, 1.54) is 14.0 Å². The third-order valence-corrected chi connectivity index (χ3v) is 2.73. The highest BCUT2D eigenvalue weighted by Crippen LogP contribution is 2.28. The van der Waals surface area contributed by atoms with Gasteiger partial charge in [-0.2, -0.15) is 0 Å². The molecule has 6 heteroatoms. The summed E-state index contributed by atoms with van der Waals surface area (Å²) in [4.78, 5) is 22.6. The molecule has 0 aliphatic carbocycles. The number of nitrogens with one attached hydrogen (secondary N) is 2. The summed E-state index contributed by atoms with van der Waals surface area (Å²) in [5.74, 6) is 0.864. The lowest BCUT2D eigenvalue weighted by Crippen LogP contribution is -2.40. The van der Waals surface area contributed by atoms with E-state index in [0.717, 1.165) is 6.42 Å². The van der Waals surface area contributed by atoms with Crippen LogP contribution in [0.4, 0.5) is 0 Å². The van der Waals surface area contributed by atoms with Crippen molar-refractivity contribution in [3.63, 3.8) is 0 Å². The van der Waals surface area contributed by atoms with Gasteiger partial charge >= 0.3 is 0 Å². The summed E-state index contributed by atoms with van der Waals surface area (Å²) in [7, 11) is 1.51. The third kappa shape index (κ3) is 5.72. The van der Waals surface area contributed by atoms with Gasteiger partial charge in [-0.3, -0.25) is 20.4 Å². The molecule has 2 N–H and O–H groups in total. The monoisotopic (exact) mass is 294 g/mol. The van der Waals surface area contributed by atoms with Crippen LogP contribution in [0.1, 0.15) is 37.6 Å². The number of hydrogen-bond donors (Lipinski definition) is 2. The Morgan fingerprint density at radius 1 is 1.19 bits per heavy atom. The topological polar surface area (TPSA) is 76.7 Å². The molecule has 1 aromatic rings. The van der Waals surface area contributed by atoms with E-state index in [-0.39, 0.29) is 5.91 Å². The van der Waals surface area contributed by atoms with Crippen LogP contribution in [-0.4, -0.2) is 25.5 Å². The Labute approximate surface area is 124 Å². The summed E-state index contributed by atoms with van der Waals surface area (Å²) in [6.45, 7) is 6.14. The standard InChI is InChI=1S/C15H22N2O4/c1-10(2)7-8-21-13-6-5-12(9-14(13)20-4)15(19)17-16-11(3)18/h5-6,9-10H,7-8H2,1-4H3,(H,16,18)(H,17,19). The molecule has 1 aromatic carbocycles. The van der Waals surface area contributed by atoms with Crippen molar-refractivity contribution >= 4 is 11.8 Å². The Morgan fingerprint density at radius 2 is 1.90 bits per heavy atom. The first-order valence-electron chi connectivity index (χ1n) is 6.81. The fourth-order valence-electron chi connectivity index (χ4n) is 1.55. The maximum Gasteiger partial charge on any atom is 0.269 e. The van der Waals surface area contributed by atoms with Gasteiger partial charge < -0.3 is 9.47 Å². The van der Waals surface area contributed by atoms with Gasteiger partial charge in [0.15, 0.2) is 11.5 Å². The molecule has 116 valence electrons. The van der Waals surface area contributed by atoms with Gasteiger partial charge in [-0.25, -0.2) is 0 Å². The Morgan fingerprint density at radius 3 is 2.48 bits per heavy atom. The van der Waals surface area contributed by atoms with E-state index in [9.17, 15) is 9.59 Å². The molecular formula is C15H22N2O4. The van der Waals surface area contributed by atoms with Crippen LogP contribution in [0.5, 0.6) is 11.5 Å². The van der Waals surface area contributed by atoms with Gasteiger partial charge in [0.2, 0.25) is 5.91 Å². The molecule has 0 unspecified atom stereocenters. The van der Waals surface area contributed by atoms with E-state index in [2.05, 4.69) is 24.7 Å². The first-order valence-corrected chi connectivity index (χ1v) is 6.81. The summed E-state index contributed by atoms with van der Waals surface area (Å²) in [5.41, 5.74) is 4.90. The van der Waals surface area contributed by atoms with Crippen LogP contribution < -0.4 is 20.3 Å². The largest absolute Gasteiger partial charge is 0.493 e. The lowest BCUT2D eigenvalue weighted by molar-refractivity contribution is -0.119. The molecule has 0 fully saturated rings. The van der Waals surface area contributed by atoms with Crippen molar-refractivity contribution in [3.8, 4) is 11.5 Å². The van der Waals surface area contributed by atoms with Crippen LogP contribution >= 0.6 is 0 Å². The first-order chi connectivity index (χ1) is 9.93. The molecule has 0 heterocycles. The summed E-state index contributed by atoms with van der Waals surface area (Å²) in [6.07, 6.45) is 0.938. The number of benzene rings is 1. The number of rotatable bonds is 6. The highest BCUT2D eigenvalue weighted by Gasteiger charge is 2.11. The van der Waals surface area contributed by atoms with Crippen LogP contribution in [-0.2, 0) is 4.79 Å². The number of ether oxygens (including phenoxy) is 2. The predicted octanol–water partition coefficient (Wildman–Crippen LogP) is 1.90. The lowest BCUT2D eigenvalue weighted by Gasteiger charge is -2.13. The second kappa shape index (κ2) is 8.14. The molecule has 0 radical (unpaired) electrons. The Bertz CT molecular complexity index is 500. The zero-order valence-electron chi connectivity index (χ0n) is 12.9. The van der Waals surface area contributed by atoms with Crippen LogP contribution in [0.3, 0.4) is 0 Å². The predicted molar refractivity (Wildman–Crippen MR) is 79.2 cm³/mol. The molecule has 0 saturated carbocycles. The molecule has 6 nitrogen and oxygen atoms in total. The summed E-state index contributed by atoms with van der Waals surface area (Å²) in [5, 5.41) is 0. The van der Waals surface area contributed by atoms with Crippen molar-refractivity contribution < 1.29 is 19.1 Å². The zero-order valence-corrected chi connectivity index (χ0v) is 12.9. The molecule has 0 bridgehead atoms. The van der Waals surface area contributed by atoms with Gasteiger partial charge in [-0.05, 0) is 30.5 Å². The minimum Gasteiger partial charge on any atom is -0.493 e. The van der Waals surface area contributed by atoms with Gasteiger partial charge in [0, 0.05) is 12.5 Å². The van der Waals surface area contributed by atoms with E-state index >= 15 is 0 Å². The molecule has 0 atom stereocenters.